The molecule has 1 aliphatic rings. The second-order valence-corrected chi connectivity index (χ2v) is 8.16. The van der Waals surface area contributed by atoms with Gasteiger partial charge < -0.3 is 30.8 Å². The molecule has 29 heavy (non-hydrogen) atoms. The number of carbonyl (C=O) groups excluding carboxylic acids is 2. The Morgan fingerprint density at radius 1 is 1.17 bits per heavy atom. The number of nitrogens with zero attached hydrogens (tertiary/aromatic N) is 1. The lowest BCUT2D eigenvalue weighted by Crippen LogP contribution is -2.48. The second-order valence-electron chi connectivity index (χ2n) is 8.16. The molecule has 0 atom stereocenters. The van der Waals surface area contributed by atoms with Gasteiger partial charge in [0.1, 0.15) is 17.9 Å². The maximum atomic E-state index is 11.9. The van der Waals surface area contributed by atoms with Crippen molar-refractivity contribution in [3.63, 3.8) is 0 Å². The van der Waals surface area contributed by atoms with Gasteiger partial charge in [0.15, 0.2) is 11.7 Å². The number of alkyl carbamates (subject to hydrolysis) is 1. The number of amides is 2. The van der Waals surface area contributed by atoms with Crippen LogP contribution >= 0.6 is 0 Å². The molecule has 1 fully saturated rings. The molecule has 0 radical (unpaired) electrons. The third kappa shape index (κ3) is 8.05. The van der Waals surface area contributed by atoms with Crippen LogP contribution < -0.4 is 21.7 Å². The van der Waals surface area contributed by atoms with E-state index in [1.165, 1.54) is 0 Å². The van der Waals surface area contributed by atoms with Crippen molar-refractivity contribution in [2.75, 3.05) is 6.54 Å². The Bertz CT molecular complexity index is 715. The van der Waals surface area contributed by atoms with Crippen LogP contribution in [0.3, 0.4) is 0 Å². The van der Waals surface area contributed by atoms with Gasteiger partial charge in [-0.2, -0.15) is 0 Å². The lowest BCUT2D eigenvalue weighted by atomic mass is 9.91. The van der Waals surface area contributed by atoms with Gasteiger partial charge in [-0.25, -0.2) is 9.79 Å². The summed E-state index contributed by atoms with van der Waals surface area (Å²) in [7, 11) is 0. The van der Waals surface area contributed by atoms with E-state index in [9.17, 15) is 9.59 Å². The van der Waals surface area contributed by atoms with E-state index in [-0.39, 0.29) is 23.9 Å². The number of furan rings is 1. The topological polar surface area (TPSA) is 131 Å². The quantitative estimate of drug-likeness (QED) is 0.423. The van der Waals surface area contributed by atoms with Crippen molar-refractivity contribution >= 4 is 18.0 Å². The standard InChI is InChI=1S/C20H33N5O4/c1-5-22-18(23-12-15-10-11-16(28-15)17(21)26)24-13-6-8-14(9-7-13)25-19(27)29-20(2,3)4/h10-11,13-14H,5-9,12H2,1-4H3,(H2,21,26)(H,25,27)(H2,22,23,24). The van der Waals surface area contributed by atoms with E-state index in [0.717, 1.165) is 32.2 Å². The SMILES string of the molecule is CCNC(=NCc1ccc(C(N)=O)o1)NC1CCC(NC(=O)OC(C)(C)C)CC1. The van der Waals surface area contributed by atoms with Crippen LogP contribution in [-0.4, -0.2) is 42.2 Å². The first-order valence-corrected chi connectivity index (χ1v) is 10.1. The largest absolute Gasteiger partial charge is 0.454 e. The highest BCUT2D eigenvalue weighted by atomic mass is 16.6. The van der Waals surface area contributed by atoms with E-state index in [4.69, 9.17) is 14.9 Å². The van der Waals surface area contributed by atoms with Gasteiger partial charge in [-0.15, -0.1) is 0 Å². The zero-order chi connectivity index (χ0) is 21.4. The fraction of sp³-hybridized carbons (Fsp3) is 0.650. The zero-order valence-corrected chi connectivity index (χ0v) is 17.7. The molecule has 0 aliphatic heterocycles. The smallest absolute Gasteiger partial charge is 0.407 e. The first-order valence-electron chi connectivity index (χ1n) is 10.1. The molecule has 2 rings (SSSR count). The molecule has 5 N–H and O–H groups in total. The molecule has 162 valence electrons. The van der Waals surface area contributed by atoms with Gasteiger partial charge in [-0.1, -0.05) is 0 Å². The van der Waals surface area contributed by atoms with Crippen molar-refractivity contribution in [3.05, 3.63) is 23.7 Å². The lowest BCUT2D eigenvalue weighted by Gasteiger charge is -2.31. The van der Waals surface area contributed by atoms with E-state index in [0.29, 0.717) is 18.3 Å². The summed E-state index contributed by atoms with van der Waals surface area (Å²) in [5.41, 5.74) is 4.70. The number of rotatable bonds is 6. The molecule has 0 spiro atoms. The number of hydrogen-bond donors (Lipinski definition) is 4. The van der Waals surface area contributed by atoms with Crippen molar-refractivity contribution in [3.8, 4) is 0 Å². The fourth-order valence-corrected chi connectivity index (χ4v) is 3.12. The predicted octanol–water partition coefficient (Wildman–Crippen LogP) is 2.27. The van der Waals surface area contributed by atoms with Crippen molar-refractivity contribution in [1.82, 2.24) is 16.0 Å². The average molecular weight is 408 g/mol. The number of hydrogen-bond acceptors (Lipinski definition) is 5. The lowest BCUT2D eigenvalue weighted by molar-refractivity contribution is 0.0490. The molecule has 0 unspecified atom stereocenters. The number of nitrogens with two attached hydrogens (primary N) is 1. The summed E-state index contributed by atoms with van der Waals surface area (Å²) >= 11 is 0. The summed E-state index contributed by atoms with van der Waals surface area (Å²) in [6.07, 6.45) is 3.21. The third-order valence-electron chi connectivity index (χ3n) is 4.43. The number of primary amides is 1. The van der Waals surface area contributed by atoms with Crippen molar-refractivity contribution in [2.45, 2.75) is 77.6 Å². The van der Waals surface area contributed by atoms with Crippen LogP contribution in [0.4, 0.5) is 4.79 Å². The third-order valence-corrected chi connectivity index (χ3v) is 4.43. The Hall–Kier alpha value is -2.71. The van der Waals surface area contributed by atoms with Gasteiger partial charge in [0, 0.05) is 18.6 Å². The monoisotopic (exact) mass is 407 g/mol. The molecule has 1 aliphatic carbocycles. The second kappa shape index (κ2) is 10.2. The minimum absolute atomic E-state index is 0.123. The Balaban J connectivity index is 1.82. The van der Waals surface area contributed by atoms with Gasteiger partial charge in [-0.05, 0) is 65.5 Å². The molecule has 9 nitrogen and oxygen atoms in total. The van der Waals surface area contributed by atoms with Gasteiger partial charge in [-0.3, -0.25) is 4.79 Å². The van der Waals surface area contributed by atoms with Crippen LogP contribution in [0.2, 0.25) is 0 Å². The van der Waals surface area contributed by atoms with Gasteiger partial charge >= 0.3 is 6.09 Å². The van der Waals surface area contributed by atoms with Crippen LogP contribution in [0.1, 0.15) is 69.7 Å². The predicted molar refractivity (Wildman–Crippen MR) is 111 cm³/mol. The molecule has 1 saturated carbocycles. The molecule has 1 aromatic rings. The minimum Gasteiger partial charge on any atom is -0.454 e. The summed E-state index contributed by atoms with van der Waals surface area (Å²) in [4.78, 5) is 27.5. The van der Waals surface area contributed by atoms with Crippen molar-refractivity contribution in [1.29, 1.82) is 0 Å². The summed E-state index contributed by atoms with van der Waals surface area (Å²) in [6.45, 7) is 8.59. The van der Waals surface area contributed by atoms with Gasteiger partial charge in [0.05, 0.1) is 0 Å². The summed E-state index contributed by atoms with van der Waals surface area (Å²) in [5, 5.41) is 9.59. The Kier molecular flexibility index (Phi) is 7.92. The minimum atomic E-state index is -0.595. The highest BCUT2D eigenvalue weighted by Crippen LogP contribution is 2.19. The average Bonchev–Trinajstić information content (AvgIpc) is 3.09. The molecule has 0 bridgehead atoms. The molecule has 1 heterocycles. The van der Waals surface area contributed by atoms with E-state index >= 15 is 0 Å². The number of nitrogens with one attached hydrogen (secondary N) is 3. The van der Waals surface area contributed by atoms with E-state index < -0.39 is 11.5 Å². The van der Waals surface area contributed by atoms with Gasteiger partial charge in [0.25, 0.3) is 5.91 Å². The number of guanidine groups is 1. The van der Waals surface area contributed by atoms with Crippen molar-refractivity contribution in [2.24, 2.45) is 10.7 Å². The first kappa shape index (κ1) is 22.6. The number of aliphatic imine (C=N–C) groups is 1. The molecule has 0 saturated heterocycles. The summed E-state index contributed by atoms with van der Waals surface area (Å²) in [6, 6.07) is 3.63. The van der Waals surface area contributed by atoms with Crippen molar-refractivity contribution < 1.29 is 18.7 Å². The Labute approximate surface area is 171 Å². The normalized spacial score (nSPS) is 20.1. The summed E-state index contributed by atoms with van der Waals surface area (Å²) < 4.78 is 10.7. The van der Waals surface area contributed by atoms with Crippen LogP contribution in [0.25, 0.3) is 0 Å². The zero-order valence-electron chi connectivity index (χ0n) is 17.7. The fourth-order valence-electron chi connectivity index (χ4n) is 3.12. The highest BCUT2D eigenvalue weighted by molar-refractivity contribution is 5.89. The number of ether oxygens (including phenoxy) is 1. The van der Waals surface area contributed by atoms with E-state index in [1.807, 2.05) is 27.7 Å². The van der Waals surface area contributed by atoms with Crippen LogP contribution in [-0.2, 0) is 11.3 Å². The first-order chi connectivity index (χ1) is 13.7. The Morgan fingerprint density at radius 2 is 1.79 bits per heavy atom. The van der Waals surface area contributed by atoms with E-state index in [1.54, 1.807) is 12.1 Å². The maximum absolute atomic E-state index is 11.9. The number of carbonyl (C=O) groups is 2. The highest BCUT2D eigenvalue weighted by Gasteiger charge is 2.25. The molecule has 9 heteroatoms. The van der Waals surface area contributed by atoms with E-state index in [2.05, 4.69) is 20.9 Å². The molecular formula is C20H33N5O4. The molecule has 0 aromatic carbocycles. The van der Waals surface area contributed by atoms with Crippen LogP contribution in [0, 0.1) is 0 Å². The van der Waals surface area contributed by atoms with Crippen LogP contribution in [0.15, 0.2) is 21.5 Å². The molecule has 2 amide bonds. The Morgan fingerprint density at radius 3 is 2.31 bits per heavy atom. The molecule has 1 aromatic heterocycles. The molecular weight excluding hydrogens is 374 g/mol. The maximum Gasteiger partial charge on any atom is 0.407 e. The van der Waals surface area contributed by atoms with Crippen LogP contribution in [0.5, 0.6) is 0 Å². The summed E-state index contributed by atoms with van der Waals surface area (Å²) in [5.74, 6) is 0.792. The van der Waals surface area contributed by atoms with Gasteiger partial charge in [0.2, 0.25) is 0 Å².